The van der Waals surface area contributed by atoms with Crippen LogP contribution in [0.4, 0.5) is 0 Å². The van der Waals surface area contributed by atoms with Crippen molar-refractivity contribution in [2.75, 3.05) is 6.54 Å². The van der Waals surface area contributed by atoms with E-state index in [1.54, 1.807) is 0 Å². The third-order valence-corrected chi connectivity index (χ3v) is 6.33. The Hall–Kier alpha value is -1.77. The summed E-state index contributed by atoms with van der Waals surface area (Å²) in [5, 5.41) is 10.9. The minimum Gasteiger partial charge on any atom is -0.390 e. The summed E-state index contributed by atoms with van der Waals surface area (Å²) in [5.74, 6) is 0. The fourth-order valence-electron chi connectivity index (χ4n) is 4.25. The van der Waals surface area contributed by atoms with Crippen LogP contribution in [-0.4, -0.2) is 22.2 Å². The van der Waals surface area contributed by atoms with Crippen LogP contribution in [0.2, 0.25) is 5.02 Å². The molecule has 0 spiro atoms. The Morgan fingerprint density at radius 2 is 1.96 bits per heavy atom. The van der Waals surface area contributed by atoms with Gasteiger partial charge in [-0.2, -0.15) is 0 Å². The van der Waals surface area contributed by atoms with Gasteiger partial charge in [0, 0.05) is 23.7 Å². The number of hydrogen-bond donors (Lipinski definition) is 1. The molecule has 0 amide bonds. The molecule has 0 saturated carbocycles. The van der Waals surface area contributed by atoms with Crippen molar-refractivity contribution >= 4 is 11.6 Å². The van der Waals surface area contributed by atoms with Gasteiger partial charge < -0.3 is 10.0 Å². The zero-order valence-corrected chi connectivity index (χ0v) is 18.3. The van der Waals surface area contributed by atoms with Crippen molar-refractivity contribution in [1.82, 2.24) is 4.90 Å². The lowest BCUT2D eigenvalue weighted by molar-refractivity contribution is 0.0713. The van der Waals surface area contributed by atoms with Gasteiger partial charge in [0.1, 0.15) is 0 Å². The second-order valence-corrected chi connectivity index (χ2v) is 9.10. The molecule has 1 atom stereocenters. The van der Waals surface area contributed by atoms with E-state index in [2.05, 4.69) is 49.6 Å². The van der Waals surface area contributed by atoms with Crippen LogP contribution in [0.25, 0.3) is 0 Å². The quantitative estimate of drug-likeness (QED) is 0.643. The van der Waals surface area contributed by atoms with E-state index in [0.717, 1.165) is 42.9 Å². The van der Waals surface area contributed by atoms with Gasteiger partial charge in [0.25, 0.3) is 0 Å². The monoisotopic (exact) mass is 397 g/mol. The first-order valence-corrected chi connectivity index (χ1v) is 10.6. The van der Waals surface area contributed by atoms with Crippen molar-refractivity contribution < 1.29 is 5.11 Å². The summed E-state index contributed by atoms with van der Waals surface area (Å²) >= 11 is 6.44. The first-order chi connectivity index (χ1) is 13.2. The predicted octanol–water partition coefficient (Wildman–Crippen LogP) is 6.03. The topological polar surface area (TPSA) is 23.5 Å². The minimum absolute atomic E-state index is 0.293. The molecule has 2 nitrogen and oxygen atoms in total. The van der Waals surface area contributed by atoms with Gasteiger partial charge in [-0.05, 0) is 80.8 Å². The highest BCUT2D eigenvalue weighted by molar-refractivity contribution is 6.31. The lowest BCUT2D eigenvalue weighted by Crippen LogP contribution is -2.34. The van der Waals surface area contributed by atoms with E-state index in [0.29, 0.717) is 6.04 Å². The lowest BCUT2D eigenvalue weighted by atomic mass is 9.86. The molecule has 0 saturated heterocycles. The number of allylic oxidation sites excluding steroid dienone is 1. The molecule has 28 heavy (non-hydrogen) atoms. The summed E-state index contributed by atoms with van der Waals surface area (Å²) < 4.78 is 0. The van der Waals surface area contributed by atoms with Gasteiger partial charge in [-0.15, -0.1) is 0 Å². The maximum absolute atomic E-state index is 10.1. The maximum Gasteiger partial charge on any atom is 0.0594 e. The van der Waals surface area contributed by atoms with Crippen LogP contribution in [0.5, 0.6) is 0 Å². The fourth-order valence-corrected chi connectivity index (χ4v) is 4.54. The molecule has 150 valence electrons. The van der Waals surface area contributed by atoms with Crippen LogP contribution >= 0.6 is 11.6 Å². The Bertz CT molecular complexity index is 845. The van der Waals surface area contributed by atoms with Crippen molar-refractivity contribution in [3.63, 3.8) is 0 Å². The fraction of sp³-hybridized carbons (Fsp3) is 0.440. The second kappa shape index (κ2) is 8.31. The molecule has 1 aliphatic heterocycles. The van der Waals surface area contributed by atoms with Gasteiger partial charge in [-0.25, -0.2) is 0 Å². The largest absolute Gasteiger partial charge is 0.390 e. The average molecular weight is 398 g/mol. The second-order valence-electron chi connectivity index (χ2n) is 8.70. The van der Waals surface area contributed by atoms with Gasteiger partial charge in [0.2, 0.25) is 0 Å². The lowest BCUT2D eigenvalue weighted by Gasteiger charge is -2.39. The molecule has 2 aromatic carbocycles. The number of fused-ring (bicyclic) bond motifs is 1. The van der Waals surface area contributed by atoms with Crippen LogP contribution in [0.1, 0.15) is 61.1 Å². The average Bonchev–Trinajstić information content (AvgIpc) is 2.63. The van der Waals surface area contributed by atoms with E-state index in [1.165, 1.54) is 27.8 Å². The van der Waals surface area contributed by atoms with Crippen LogP contribution in [0.3, 0.4) is 0 Å². The molecule has 3 rings (SSSR count). The normalized spacial score (nSPS) is 16.8. The van der Waals surface area contributed by atoms with Crippen molar-refractivity contribution in [3.8, 4) is 0 Å². The van der Waals surface area contributed by atoms with E-state index < -0.39 is 5.60 Å². The summed E-state index contributed by atoms with van der Waals surface area (Å²) in [6.45, 7) is 13.5. The van der Waals surface area contributed by atoms with Gasteiger partial charge in [-0.3, -0.25) is 0 Å². The third kappa shape index (κ3) is 4.61. The smallest absolute Gasteiger partial charge is 0.0594 e. The van der Waals surface area contributed by atoms with Crippen LogP contribution in [0.15, 0.2) is 48.7 Å². The van der Waals surface area contributed by atoms with E-state index in [9.17, 15) is 5.11 Å². The van der Waals surface area contributed by atoms with Crippen LogP contribution in [0, 0.1) is 6.92 Å². The van der Waals surface area contributed by atoms with Gasteiger partial charge in [0.05, 0.1) is 11.6 Å². The van der Waals surface area contributed by atoms with E-state index in [4.69, 9.17) is 11.6 Å². The molecule has 0 aromatic heterocycles. The zero-order valence-electron chi connectivity index (χ0n) is 17.6. The molecule has 2 aromatic rings. The van der Waals surface area contributed by atoms with E-state index in [1.807, 2.05) is 26.0 Å². The molecule has 0 bridgehead atoms. The summed E-state index contributed by atoms with van der Waals surface area (Å²) in [4.78, 5) is 2.42. The summed E-state index contributed by atoms with van der Waals surface area (Å²) in [7, 11) is 0. The van der Waals surface area contributed by atoms with Crippen molar-refractivity contribution in [2.45, 2.75) is 65.0 Å². The van der Waals surface area contributed by atoms with E-state index >= 15 is 0 Å². The Labute approximate surface area is 174 Å². The zero-order chi connectivity index (χ0) is 20.5. The number of benzene rings is 2. The van der Waals surface area contributed by atoms with Gasteiger partial charge >= 0.3 is 0 Å². The SMILES string of the molecule is C=C(Cc1c(C)cccc1Cl)N1CCc2c(CCC(C)(C)O)cccc2C1C. The Morgan fingerprint density at radius 3 is 2.64 bits per heavy atom. The molecular formula is C25H32ClNO. The first kappa shape index (κ1) is 21.0. The molecule has 0 radical (unpaired) electrons. The molecule has 3 heteroatoms. The molecule has 1 unspecified atom stereocenters. The minimum atomic E-state index is -0.629. The maximum atomic E-state index is 10.1. The molecular weight excluding hydrogens is 366 g/mol. The first-order valence-electron chi connectivity index (χ1n) is 10.2. The van der Waals surface area contributed by atoms with Gasteiger partial charge in [0.15, 0.2) is 0 Å². The third-order valence-electron chi connectivity index (χ3n) is 5.98. The number of hydrogen-bond acceptors (Lipinski definition) is 2. The highest BCUT2D eigenvalue weighted by Crippen LogP contribution is 2.35. The summed E-state index contributed by atoms with van der Waals surface area (Å²) in [6, 6.07) is 13.0. The Balaban J connectivity index is 1.79. The van der Waals surface area contributed by atoms with Gasteiger partial charge in [-0.1, -0.05) is 48.5 Å². The highest BCUT2D eigenvalue weighted by atomic mass is 35.5. The summed E-state index contributed by atoms with van der Waals surface area (Å²) in [5.41, 5.74) is 7.10. The molecule has 1 heterocycles. The molecule has 0 fully saturated rings. The van der Waals surface area contributed by atoms with E-state index in [-0.39, 0.29) is 0 Å². The highest BCUT2D eigenvalue weighted by Gasteiger charge is 2.27. The molecule has 1 N–H and O–H groups in total. The molecule has 0 aliphatic carbocycles. The predicted molar refractivity (Wildman–Crippen MR) is 119 cm³/mol. The van der Waals surface area contributed by atoms with Crippen molar-refractivity contribution in [1.29, 1.82) is 0 Å². The standard InChI is InChI=1S/C25H32ClNO/c1-17-8-6-11-24(26)23(17)16-18(2)27-15-13-22-20(12-14-25(4,5)28)9-7-10-21(22)19(27)3/h6-11,19,28H,2,12-16H2,1,3-5H3. The number of aryl methyl sites for hydroxylation is 2. The Morgan fingerprint density at radius 1 is 1.25 bits per heavy atom. The number of nitrogens with zero attached hydrogens (tertiary/aromatic N) is 1. The van der Waals surface area contributed by atoms with Crippen LogP contribution < -0.4 is 0 Å². The number of aliphatic hydroxyl groups is 1. The molecule has 1 aliphatic rings. The van der Waals surface area contributed by atoms with Crippen LogP contribution in [-0.2, 0) is 19.3 Å². The van der Waals surface area contributed by atoms with Crippen molar-refractivity contribution in [3.05, 3.63) is 81.5 Å². The number of rotatable bonds is 6. The Kier molecular flexibility index (Phi) is 6.21. The summed E-state index contributed by atoms with van der Waals surface area (Å²) in [6.07, 6.45) is 3.49. The number of halogens is 1. The van der Waals surface area contributed by atoms with Crippen molar-refractivity contribution in [2.24, 2.45) is 0 Å².